The summed E-state index contributed by atoms with van der Waals surface area (Å²) < 4.78 is 1.38. The zero-order valence-corrected chi connectivity index (χ0v) is 11.0. The molecule has 0 unspecified atom stereocenters. The molecule has 1 aliphatic heterocycles. The Bertz CT molecular complexity index is 698. The number of carbonyl (C=O) groups excluding carboxylic acids is 1. The predicted octanol–water partition coefficient (Wildman–Crippen LogP) is 1.33. The number of nitrogens with zero attached hydrogens (tertiary/aromatic N) is 3. The van der Waals surface area contributed by atoms with E-state index in [4.69, 9.17) is 0 Å². The van der Waals surface area contributed by atoms with Crippen LogP contribution in [0.25, 0.3) is 0 Å². The lowest BCUT2D eigenvalue weighted by Gasteiger charge is -2.15. The molecule has 102 valence electrons. The molecule has 2 heterocycles. The fourth-order valence-electron chi connectivity index (χ4n) is 2.24. The number of fused-ring (bicyclic) bond motifs is 1. The van der Waals surface area contributed by atoms with Crippen LogP contribution in [-0.4, -0.2) is 20.5 Å². The van der Waals surface area contributed by atoms with Crippen molar-refractivity contribution < 1.29 is 4.79 Å². The molecule has 2 aromatic rings. The van der Waals surface area contributed by atoms with E-state index in [1.54, 1.807) is 18.1 Å². The molecule has 0 saturated heterocycles. The summed E-state index contributed by atoms with van der Waals surface area (Å²) in [5.74, 6) is 0.0518. The van der Waals surface area contributed by atoms with Gasteiger partial charge >= 0.3 is 6.03 Å². The number of amides is 2. The molecule has 1 aliphatic rings. The molecule has 0 radical (unpaired) electrons. The third-order valence-electron chi connectivity index (χ3n) is 3.37. The Morgan fingerprint density at radius 2 is 1.90 bits per heavy atom. The Morgan fingerprint density at radius 3 is 2.55 bits per heavy atom. The summed E-state index contributed by atoms with van der Waals surface area (Å²) >= 11 is 0. The van der Waals surface area contributed by atoms with Crippen LogP contribution in [0.5, 0.6) is 0 Å². The summed E-state index contributed by atoms with van der Waals surface area (Å²) in [6.07, 6.45) is 3.03. The van der Waals surface area contributed by atoms with Gasteiger partial charge in [-0.1, -0.05) is 24.3 Å². The largest absolute Gasteiger partial charge is 0.323 e. The second kappa shape index (κ2) is 4.80. The lowest BCUT2D eigenvalue weighted by atomic mass is 10.1. The number of hydrogen-bond donors (Lipinski definition) is 1. The number of aryl methyl sites for hydroxylation is 1. The van der Waals surface area contributed by atoms with Gasteiger partial charge in [-0.2, -0.15) is 0 Å². The van der Waals surface area contributed by atoms with Crippen LogP contribution in [-0.2, 0) is 20.1 Å². The molecule has 0 spiro atoms. The molecular formula is C14H14N4O2. The van der Waals surface area contributed by atoms with E-state index in [0.29, 0.717) is 13.1 Å². The van der Waals surface area contributed by atoms with Crippen molar-refractivity contribution in [2.24, 2.45) is 7.05 Å². The molecule has 1 N–H and O–H groups in total. The van der Waals surface area contributed by atoms with Crippen molar-refractivity contribution in [1.29, 1.82) is 0 Å². The predicted molar refractivity (Wildman–Crippen MR) is 74.2 cm³/mol. The van der Waals surface area contributed by atoms with E-state index in [0.717, 1.165) is 11.1 Å². The number of nitrogens with one attached hydrogen (secondary N) is 1. The molecule has 6 heteroatoms. The van der Waals surface area contributed by atoms with Gasteiger partial charge in [0, 0.05) is 32.5 Å². The van der Waals surface area contributed by atoms with Crippen LogP contribution in [0.1, 0.15) is 11.1 Å². The monoisotopic (exact) mass is 270 g/mol. The van der Waals surface area contributed by atoms with Crippen molar-refractivity contribution in [1.82, 2.24) is 14.5 Å². The van der Waals surface area contributed by atoms with Crippen LogP contribution in [0.3, 0.4) is 0 Å². The third kappa shape index (κ3) is 2.16. The van der Waals surface area contributed by atoms with Gasteiger partial charge in [0.1, 0.15) is 0 Å². The number of carbonyl (C=O) groups is 1. The quantitative estimate of drug-likeness (QED) is 0.850. The molecule has 0 fully saturated rings. The molecule has 3 rings (SSSR count). The minimum atomic E-state index is -0.322. The molecule has 0 bridgehead atoms. The second-order valence-corrected chi connectivity index (χ2v) is 4.75. The molecule has 20 heavy (non-hydrogen) atoms. The highest BCUT2D eigenvalue weighted by molar-refractivity contribution is 5.88. The van der Waals surface area contributed by atoms with Gasteiger partial charge in [0.15, 0.2) is 0 Å². The maximum Gasteiger partial charge on any atom is 0.323 e. The Kier molecular flexibility index (Phi) is 2.98. The van der Waals surface area contributed by atoms with Crippen LogP contribution in [0.2, 0.25) is 0 Å². The Labute approximate surface area is 115 Å². The first kappa shape index (κ1) is 12.4. The fraction of sp³-hybridized carbons (Fsp3) is 0.214. The highest BCUT2D eigenvalue weighted by Gasteiger charge is 2.23. The van der Waals surface area contributed by atoms with Crippen molar-refractivity contribution >= 4 is 11.8 Å². The van der Waals surface area contributed by atoms with Gasteiger partial charge in [-0.05, 0) is 11.1 Å². The number of hydrogen-bond acceptors (Lipinski definition) is 3. The number of anilines is 1. The third-order valence-corrected chi connectivity index (χ3v) is 3.37. The number of benzene rings is 1. The van der Waals surface area contributed by atoms with E-state index < -0.39 is 0 Å². The fourth-order valence-corrected chi connectivity index (χ4v) is 2.24. The van der Waals surface area contributed by atoms with Crippen LogP contribution < -0.4 is 10.9 Å². The highest BCUT2D eigenvalue weighted by Crippen LogP contribution is 2.22. The summed E-state index contributed by atoms with van der Waals surface area (Å²) in [5.41, 5.74) is 1.95. The highest BCUT2D eigenvalue weighted by atomic mass is 16.2. The van der Waals surface area contributed by atoms with Crippen molar-refractivity contribution in [3.63, 3.8) is 0 Å². The molecule has 1 aromatic carbocycles. The molecular weight excluding hydrogens is 256 g/mol. The van der Waals surface area contributed by atoms with Crippen molar-refractivity contribution in [2.75, 3.05) is 5.32 Å². The molecule has 0 saturated carbocycles. The summed E-state index contributed by atoms with van der Waals surface area (Å²) in [5, 5.41) is 2.57. The van der Waals surface area contributed by atoms with Gasteiger partial charge < -0.3 is 9.47 Å². The van der Waals surface area contributed by atoms with Crippen LogP contribution in [0.15, 0.2) is 41.5 Å². The van der Waals surface area contributed by atoms with E-state index in [1.807, 2.05) is 24.3 Å². The average molecular weight is 270 g/mol. The first-order valence-corrected chi connectivity index (χ1v) is 6.29. The van der Waals surface area contributed by atoms with Crippen LogP contribution in [0, 0.1) is 0 Å². The van der Waals surface area contributed by atoms with Gasteiger partial charge in [-0.15, -0.1) is 0 Å². The van der Waals surface area contributed by atoms with Gasteiger partial charge in [0.2, 0.25) is 5.82 Å². The standard InChI is InChI=1S/C14H14N4O2/c1-17-7-6-15-12(13(17)19)16-14(20)18-8-10-4-2-3-5-11(10)9-18/h2-7H,8-9H2,1H3,(H,15,16,20). The lowest BCUT2D eigenvalue weighted by Crippen LogP contribution is -2.33. The summed E-state index contributed by atoms with van der Waals surface area (Å²) in [4.78, 5) is 29.5. The molecule has 2 amide bonds. The first-order chi connectivity index (χ1) is 9.65. The van der Waals surface area contributed by atoms with E-state index in [1.165, 1.54) is 10.8 Å². The molecule has 0 atom stereocenters. The number of aromatic nitrogens is 2. The lowest BCUT2D eigenvalue weighted by molar-refractivity contribution is 0.212. The van der Waals surface area contributed by atoms with E-state index in [2.05, 4.69) is 10.3 Å². The topological polar surface area (TPSA) is 67.2 Å². The maximum atomic E-state index is 12.2. The van der Waals surface area contributed by atoms with Crippen LogP contribution >= 0.6 is 0 Å². The Balaban J connectivity index is 1.76. The summed E-state index contributed by atoms with van der Waals surface area (Å²) in [6, 6.07) is 7.60. The van der Waals surface area contributed by atoms with Crippen molar-refractivity contribution in [3.05, 3.63) is 58.1 Å². The van der Waals surface area contributed by atoms with Gasteiger partial charge in [0.25, 0.3) is 5.56 Å². The SMILES string of the molecule is Cn1ccnc(NC(=O)N2Cc3ccccc3C2)c1=O. The first-order valence-electron chi connectivity index (χ1n) is 6.29. The molecule has 6 nitrogen and oxygen atoms in total. The van der Waals surface area contributed by atoms with Gasteiger partial charge in [-0.25, -0.2) is 9.78 Å². The number of rotatable bonds is 1. The summed E-state index contributed by atoms with van der Waals surface area (Å²) in [7, 11) is 1.62. The van der Waals surface area contributed by atoms with Crippen molar-refractivity contribution in [2.45, 2.75) is 13.1 Å². The normalized spacial score (nSPS) is 13.2. The summed E-state index contributed by atoms with van der Waals surface area (Å²) in [6.45, 7) is 1.10. The van der Waals surface area contributed by atoms with Crippen LogP contribution in [0.4, 0.5) is 10.6 Å². The Hall–Kier alpha value is -2.63. The minimum Gasteiger partial charge on any atom is -0.316 e. The number of urea groups is 1. The molecule has 1 aromatic heterocycles. The zero-order valence-electron chi connectivity index (χ0n) is 11.0. The average Bonchev–Trinajstić information content (AvgIpc) is 2.88. The van der Waals surface area contributed by atoms with E-state index in [9.17, 15) is 9.59 Å². The van der Waals surface area contributed by atoms with E-state index >= 15 is 0 Å². The van der Waals surface area contributed by atoms with E-state index in [-0.39, 0.29) is 17.4 Å². The minimum absolute atomic E-state index is 0.0518. The second-order valence-electron chi connectivity index (χ2n) is 4.75. The smallest absolute Gasteiger partial charge is 0.316 e. The maximum absolute atomic E-state index is 12.2. The van der Waals surface area contributed by atoms with Gasteiger partial charge in [0.05, 0.1) is 0 Å². The Morgan fingerprint density at radius 1 is 1.25 bits per heavy atom. The zero-order chi connectivity index (χ0) is 14.1. The van der Waals surface area contributed by atoms with Crippen molar-refractivity contribution in [3.8, 4) is 0 Å². The molecule has 0 aliphatic carbocycles. The van der Waals surface area contributed by atoms with Gasteiger partial charge in [-0.3, -0.25) is 10.1 Å².